The van der Waals surface area contributed by atoms with E-state index in [2.05, 4.69) is 11.1 Å². The number of carbonyl (C=O) groups is 1. The van der Waals surface area contributed by atoms with Crippen LogP contribution in [0.2, 0.25) is 0 Å². The highest BCUT2D eigenvalue weighted by Gasteiger charge is 2.57. The third-order valence-electron chi connectivity index (χ3n) is 5.76. The van der Waals surface area contributed by atoms with Crippen molar-refractivity contribution in [3.8, 4) is 11.1 Å². The highest BCUT2D eigenvalue weighted by Crippen LogP contribution is 2.46. The lowest BCUT2D eigenvalue weighted by atomic mass is 9.88. The molecule has 2 saturated heterocycles. The lowest BCUT2D eigenvalue weighted by Crippen LogP contribution is -2.17. The van der Waals surface area contributed by atoms with Crippen molar-refractivity contribution in [2.24, 2.45) is 5.73 Å². The average molecular weight is 381 g/mol. The van der Waals surface area contributed by atoms with Crippen molar-refractivity contribution >= 4 is 26.8 Å². The van der Waals surface area contributed by atoms with Gasteiger partial charge in [0.2, 0.25) is 10.0 Å². The second-order valence-corrected chi connectivity index (χ2v) is 9.30. The van der Waals surface area contributed by atoms with Crippen LogP contribution >= 0.6 is 0 Å². The Balaban J connectivity index is 1.64. The Morgan fingerprint density at radius 3 is 2.63 bits per heavy atom. The van der Waals surface area contributed by atoms with E-state index in [9.17, 15) is 13.2 Å². The van der Waals surface area contributed by atoms with E-state index >= 15 is 0 Å². The molecule has 3 N–H and O–H groups in total. The summed E-state index contributed by atoms with van der Waals surface area (Å²) in [5.74, 6) is -0.338. The molecule has 3 aromatic rings. The van der Waals surface area contributed by atoms with E-state index in [-0.39, 0.29) is 11.3 Å². The smallest absolute Gasteiger partial charge is 0.250 e. The number of aromatic amines is 1. The molecule has 3 heterocycles. The Hall–Kier alpha value is -2.64. The molecule has 5 rings (SSSR count). The number of carbonyl (C=O) groups excluding carboxylic acids is 1. The predicted octanol–water partition coefficient (Wildman–Crippen LogP) is 2.78. The van der Waals surface area contributed by atoms with Gasteiger partial charge in [-0.05, 0) is 47.6 Å². The molecule has 2 aromatic carbocycles. The third kappa shape index (κ3) is 2.49. The average Bonchev–Trinajstić information content (AvgIpc) is 3.02. The maximum atomic E-state index is 12.0. The molecule has 2 aliphatic rings. The first-order valence-electron chi connectivity index (χ1n) is 8.97. The van der Waals surface area contributed by atoms with E-state index < -0.39 is 15.9 Å². The summed E-state index contributed by atoms with van der Waals surface area (Å²) >= 11 is 0. The second-order valence-electron chi connectivity index (χ2n) is 7.25. The van der Waals surface area contributed by atoms with Crippen LogP contribution in [0.5, 0.6) is 0 Å². The van der Waals surface area contributed by atoms with Crippen molar-refractivity contribution in [1.82, 2.24) is 9.29 Å². The van der Waals surface area contributed by atoms with Gasteiger partial charge in [-0.1, -0.05) is 30.3 Å². The van der Waals surface area contributed by atoms with Crippen LogP contribution in [-0.4, -0.2) is 35.5 Å². The van der Waals surface area contributed by atoms with E-state index in [1.165, 1.54) is 0 Å². The summed E-state index contributed by atoms with van der Waals surface area (Å²) in [5, 5.41) is 0.593. The van der Waals surface area contributed by atoms with Gasteiger partial charge in [0.15, 0.2) is 0 Å². The Morgan fingerprint density at radius 2 is 1.93 bits per heavy atom. The van der Waals surface area contributed by atoms with Gasteiger partial charge >= 0.3 is 0 Å². The molecule has 7 heteroatoms. The molecule has 138 valence electrons. The van der Waals surface area contributed by atoms with Crippen molar-refractivity contribution in [1.29, 1.82) is 0 Å². The number of primary amides is 1. The summed E-state index contributed by atoms with van der Waals surface area (Å²) in [6, 6.07) is 13.7. The standard InChI is InChI=1S/C20H19N3O3S/c21-20(24)16-9-14(12-4-2-1-3-5-12)8-15-17(11-22-19(15)16)13-6-7-23-18(10-13)27(23,25)26/h1-5,8-9,11,13,18,22H,6-7,10H2,(H2,21,24). The molecule has 3 unspecified atom stereocenters. The first-order valence-corrected chi connectivity index (χ1v) is 10.5. The van der Waals surface area contributed by atoms with Crippen LogP contribution in [0.1, 0.15) is 34.7 Å². The minimum atomic E-state index is -3.04. The number of hydrogen-bond acceptors (Lipinski definition) is 3. The first kappa shape index (κ1) is 16.5. The topological polar surface area (TPSA) is 96.0 Å². The number of H-pyrrole nitrogens is 1. The van der Waals surface area contributed by atoms with Gasteiger partial charge in [0.05, 0.1) is 11.1 Å². The van der Waals surface area contributed by atoms with Gasteiger partial charge in [0, 0.05) is 18.1 Å². The van der Waals surface area contributed by atoms with Crippen LogP contribution in [0.3, 0.4) is 0 Å². The molecule has 0 spiro atoms. The normalized spacial score (nSPS) is 25.9. The fourth-order valence-corrected chi connectivity index (χ4v) is 6.11. The van der Waals surface area contributed by atoms with E-state index in [1.807, 2.05) is 42.6 Å². The highest BCUT2D eigenvalue weighted by atomic mass is 32.2. The molecular formula is C20H19N3O3S. The first-order chi connectivity index (χ1) is 13.0. The SMILES string of the molecule is NC(=O)c1cc(-c2ccccc2)cc2c(C3CCN4C(C3)S4(=O)=O)c[nH]c12. The van der Waals surface area contributed by atoms with Crippen molar-refractivity contribution in [2.75, 3.05) is 6.54 Å². The molecule has 3 atom stereocenters. The molecule has 0 radical (unpaired) electrons. The number of aromatic nitrogens is 1. The molecule has 0 bridgehead atoms. The number of fused-ring (bicyclic) bond motifs is 2. The third-order valence-corrected chi connectivity index (χ3v) is 7.77. The summed E-state index contributed by atoms with van der Waals surface area (Å²) in [7, 11) is -3.04. The maximum Gasteiger partial charge on any atom is 0.250 e. The molecule has 2 fully saturated rings. The minimum Gasteiger partial charge on any atom is -0.366 e. The molecule has 1 amide bonds. The summed E-state index contributed by atoms with van der Waals surface area (Å²) in [5.41, 5.74) is 9.80. The van der Waals surface area contributed by atoms with Crippen LogP contribution in [0, 0.1) is 0 Å². The van der Waals surface area contributed by atoms with E-state index in [1.54, 1.807) is 4.31 Å². The largest absolute Gasteiger partial charge is 0.366 e. The Kier molecular flexibility index (Phi) is 3.47. The number of benzene rings is 2. The molecule has 2 aliphatic heterocycles. The van der Waals surface area contributed by atoms with E-state index in [0.717, 1.165) is 34.0 Å². The number of rotatable bonds is 3. The Bertz CT molecular complexity index is 1170. The number of piperidine rings is 1. The van der Waals surface area contributed by atoms with Crippen molar-refractivity contribution < 1.29 is 13.2 Å². The fourth-order valence-electron chi connectivity index (χ4n) is 4.31. The van der Waals surface area contributed by atoms with Crippen molar-refractivity contribution in [3.63, 3.8) is 0 Å². The van der Waals surface area contributed by atoms with Crippen LogP contribution in [0.25, 0.3) is 22.0 Å². The Morgan fingerprint density at radius 1 is 1.15 bits per heavy atom. The van der Waals surface area contributed by atoms with Gasteiger partial charge in [-0.15, -0.1) is 0 Å². The zero-order valence-corrected chi connectivity index (χ0v) is 15.4. The second kappa shape index (κ2) is 5.68. The number of nitrogens with one attached hydrogen (secondary N) is 1. The Labute approximate surface area is 157 Å². The summed E-state index contributed by atoms with van der Waals surface area (Å²) in [6.45, 7) is 0.561. The number of nitrogens with zero attached hydrogens (tertiary/aromatic N) is 1. The molecule has 27 heavy (non-hydrogen) atoms. The predicted molar refractivity (Wildman–Crippen MR) is 104 cm³/mol. The van der Waals surface area contributed by atoms with Gasteiger partial charge in [-0.3, -0.25) is 4.79 Å². The maximum absolute atomic E-state index is 12.0. The van der Waals surface area contributed by atoms with Gasteiger partial charge < -0.3 is 10.7 Å². The summed E-state index contributed by atoms with van der Waals surface area (Å²) < 4.78 is 25.4. The number of sulfonamides is 1. The highest BCUT2D eigenvalue weighted by molar-refractivity contribution is 7.95. The number of nitrogens with two attached hydrogens (primary N) is 1. The van der Waals surface area contributed by atoms with Gasteiger partial charge in [-0.25, -0.2) is 8.42 Å². The van der Waals surface area contributed by atoms with Gasteiger partial charge in [-0.2, -0.15) is 4.31 Å². The van der Waals surface area contributed by atoms with E-state index in [4.69, 9.17) is 5.73 Å². The zero-order valence-electron chi connectivity index (χ0n) is 14.6. The molecule has 0 saturated carbocycles. The van der Waals surface area contributed by atoms with Crippen molar-refractivity contribution in [3.05, 3.63) is 59.8 Å². The molecule has 6 nitrogen and oxygen atoms in total. The monoisotopic (exact) mass is 381 g/mol. The van der Waals surface area contributed by atoms with Crippen LogP contribution < -0.4 is 5.73 Å². The number of hydrogen-bond donors (Lipinski definition) is 2. The van der Waals surface area contributed by atoms with Gasteiger partial charge in [0.1, 0.15) is 5.37 Å². The van der Waals surface area contributed by atoms with Crippen molar-refractivity contribution in [2.45, 2.75) is 24.1 Å². The summed E-state index contributed by atoms with van der Waals surface area (Å²) in [6.07, 6.45) is 3.28. The lowest BCUT2D eigenvalue weighted by molar-refractivity contribution is 0.100. The molecule has 0 aliphatic carbocycles. The van der Waals surface area contributed by atoms with E-state index in [0.29, 0.717) is 18.5 Å². The minimum absolute atomic E-state index is 0.143. The number of amides is 1. The van der Waals surface area contributed by atoms with Gasteiger partial charge in [0.25, 0.3) is 5.91 Å². The van der Waals surface area contributed by atoms with Crippen LogP contribution in [0.15, 0.2) is 48.7 Å². The van der Waals surface area contributed by atoms with Crippen LogP contribution in [0.4, 0.5) is 0 Å². The zero-order chi connectivity index (χ0) is 18.8. The summed E-state index contributed by atoms with van der Waals surface area (Å²) in [4.78, 5) is 15.2. The molecular weight excluding hydrogens is 362 g/mol. The lowest BCUT2D eigenvalue weighted by Gasteiger charge is -2.19. The molecule has 1 aromatic heterocycles. The quantitative estimate of drug-likeness (QED) is 0.683. The fraction of sp³-hybridized carbons (Fsp3) is 0.250. The van der Waals surface area contributed by atoms with Crippen LogP contribution in [-0.2, 0) is 10.0 Å².